The number of nitrogens with zero attached hydrogens (tertiary/aromatic N) is 3. The molecule has 0 atom stereocenters. The lowest BCUT2D eigenvalue weighted by Gasteiger charge is -2.33. The van der Waals surface area contributed by atoms with E-state index in [0.29, 0.717) is 0 Å². The molecule has 5 heteroatoms. The van der Waals surface area contributed by atoms with Gasteiger partial charge >= 0.3 is 0 Å². The lowest BCUT2D eigenvalue weighted by atomic mass is 10.3. The van der Waals surface area contributed by atoms with Gasteiger partial charge in [-0.2, -0.15) is 0 Å². The van der Waals surface area contributed by atoms with Gasteiger partial charge in [-0.05, 0) is 13.8 Å². The highest BCUT2D eigenvalue weighted by atomic mass is 79.9. The van der Waals surface area contributed by atoms with Gasteiger partial charge in [0.25, 0.3) is 0 Å². The van der Waals surface area contributed by atoms with Gasteiger partial charge in [-0.3, -0.25) is 9.80 Å². The predicted octanol–water partition coefficient (Wildman–Crippen LogP) is 2.27. The highest BCUT2D eigenvalue weighted by Gasteiger charge is 2.17. The van der Waals surface area contributed by atoms with Crippen molar-refractivity contribution >= 4 is 27.3 Å². The number of hydrogen-bond acceptors (Lipinski definition) is 4. The van der Waals surface area contributed by atoms with Crippen LogP contribution in [0.3, 0.4) is 0 Å². The first-order valence-electron chi connectivity index (χ1n) is 6.12. The molecule has 0 spiro atoms. The summed E-state index contributed by atoms with van der Waals surface area (Å²) >= 11 is 5.35. The average molecular weight is 318 g/mol. The van der Waals surface area contributed by atoms with E-state index < -0.39 is 0 Å². The number of rotatable bonds is 4. The Morgan fingerprint density at radius 3 is 2.35 bits per heavy atom. The second-order valence-electron chi connectivity index (χ2n) is 4.56. The van der Waals surface area contributed by atoms with Crippen LogP contribution in [0.1, 0.15) is 15.6 Å². The fourth-order valence-corrected chi connectivity index (χ4v) is 3.57. The van der Waals surface area contributed by atoms with Crippen LogP contribution in [0.4, 0.5) is 0 Å². The molecule has 0 bridgehead atoms. The molecule has 0 aliphatic carbocycles. The van der Waals surface area contributed by atoms with E-state index in [4.69, 9.17) is 0 Å². The smallest absolute Gasteiger partial charge is 0.107 e. The largest absolute Gasteiger partial charge is 0.300 e. The zero-order valence-corrected chi connectivity index (χ0v) is 13.0. The number of thiazole rings is 1. The monoisotopic (exact) mass is 317 g/mol. The van der Waals surface area contributed by atoms with Crippen LogP contribution >= 0.6 is 27.3 Å². The molecule has 0 amide bonds. The van der Waals surface area contributed by atoms with Crippen LogP contribution in [-0.4, -0.2) is 52.8 Å². The van der Waals surface area contributed by atoms with Crippen LogP contribution < -0.4 is 0 Å². The second-order valence-corrected chi connectivity index (χ2v) is 6.64. The highest BCUT2D eigenvalue weighted by Crippen LogP contribution is 2.18. The van der Waals surface area contributed by atoms with Crippen LogP contribution in [0.2, 0.25) is 0 Å². The summed E-state index contributed by atoms with van der Waals surface area (Å²) in [6.45, 7) is 11.2. The van der Waals surface area contributed by atoms with Gasteiger partial charge in [-0.25, -0.2) is 4.98 Å². The van der Waals surface area contributed by atoms with Crippen LogP contribution in [0.5, 0.6) is 0 Å². The van der Waals surface area contributed by atoms with E-state index in [0.717, 1.165) is 11.9 Å². The molecule has 1 aliphatic rings. The molecular weight excluding hydrogens is 298 g/mol. The minimum atomic E-state index is 1.03. The molecule has 1 aliphatic heterocycles. The van der Waals surface area contributed by atoms with Crippen molar-refractivity contribution in [3.05, 3.63) is 15.6 Å². The van der Waals surface area contributed by atoms with E-state index in [-0.39, 0.29) is 0 Å². The zero-order chi connectivity index (χ0) is 12.3. The van der Waals surface area contributed by atoms with Crippen LogP contribution in [0.15, 0.2) is 0 Å². The van der Waals surface area contributed by atoms with Gasteiger partial charge in [0.15, 0.2) is 0 Å². The maximum atomic E-state index is 4.62. The van der Waals surface area contributed by atoms with Gasteiger partial charge in [0.05, 0.1) is 12.2 Å². The molecule has 2 rings (SSSR count). The summed E-state index contributed by atoms with van der Waals surface area (Å²) in [6.07, 6.45) is 0. The van der Waals surface area contributed by atoms with Crippen LogP contribution in [0, 0.1) is 13.8 Å². The molecule has 3 nitrogen and oxygen atoms in total. The van der Waals surface area contributed by atoms with Crippen molar-refractivity contribution in [2.75, 3.05) is 38.1 Å². The van der Waals surface area contributed by atoms with E-state index in [9.17, 15) is 0 Å². The first-order valence-corrected chi connectivity index (χ1v) is 8.06. The number of halogens is 1. The second kappa shape index (κ2) is 6.27. The third-order valence-electron chi connectivity index (χ3n) is 3.30. The Hall–Kier alpha value is 0.0300. The van der Waals surface area contributed by atoms with Crippen molar-refractivity contribution in [1.29, 1.82) is 0 Å². The van der Waals surface area contributed by atoms with Crippen molar-refractivity contribution in [3.8, 4) is 0 Å². The van der Waals surface area contributed by atoms with Crippen molar-refractivity contribution in [3.63, 3.8) is 0 Å². The van der Waals surface area contributed by atoms with Crippen molar-refractivity contribution < 1.29 is 0 Å². The first-order chi connectivity index (χ1) is 8.19. The standard InChI is InChI=1S/C12H20BrN3S/c1-10-11(2)17-12(14-10)9-16-7-5-15(4-3-13)6-8-16/h3-9H2,1-2H3. The Balaban J connectivity index is 1.81. The van der Waals surface area contributed by atoms with Gasteiger partial charge in [0.2, 0.25) is 0 Å². The molecule has 0 saturated carbocycles. The molecular formula is C12H20BrN3S. The fourth-order valence-electron chi connectivity index (χ4n) is 2.09. The minimum absolute atomic E-state index is 1.03. The summed E-state index contributed by atoms with van der Waals surface area (Å²) in [4.78, 5) is 11.0. The van der Waals surface area contributed by atoms with E-state index in [1.54, 1.807) is 0 Å². The Labute approximate surface area is 116 Å². The number of hydrogen-bond donors (Lipinski definition) is 0. The predicted molar refractivity (Wildman–Crippen MR) is 77.1 cm³/mol. The molecule has 0 unspecified atom stereocenters. The van der Waals surface area contributed by atoms with Gasteiger partial charge < -0.3 is 0 Å². The molecule has 2 heterocycles. The van der Waals surface area contributed by atoms with E-state index in [1.165, 1.54) is 48.3 Å². The highest BCUT2D eigenvalue weighted by molar-refractivity contribution is 9.09. The molecule has 17 heavy (non-hydrogen) atoms. The summed E-state index contributed by atoms with van der Waals surface area (Å²) in [6, 6.07) is 0. The molecule has 1 aromatic rings. The quantitative estimate of drug-likeness (QED) is 0.794. The summed E-state index contributed by atoms with van der Waals surface area (Å²) in [5.74, 6) is 0. The Bertz CT molecular complexity index is 339. The van der Waals surface area contributed by atoms with Crippen molar-refractivity contribution in [2.24, 2.45) is 0 Å². The molecule has 1 aromatic heterocycles. The Morgan fingerprint density at radius 2 is 1.82 bits per heavy atom. The number of piperazine rings is 1. The van der Waals surface area contributed by atoms with E-state index in [2.05, 4.69) is 44.6 Å². The normalized spacial score (nSPS) is 18.8. The molecule has 1 fully saturated rings. The van der Waals surface area contributed by atoms with Gasteiger partial charge in [-0.1, -0.05) is 15.9 Å². The summed E-state index contributed by atoms with van der Waals surface area (Å²) in [5.41, 5.74) is 1.20. The number of aryl methyl sites for hydroxylation is 2. The molecule has 0 aromatic carbocycles. The van der Waals surface area contributed by atoms with E-state index >= 15 is 0 Å². The third kappa shape index (κ3) is 3.74. The minimum Gasteiger partial charge on any atom is -0.300 e. The van der Waals surface area contributed by atoms with E-state index in [1.807, 2.05) is 11.3 Å². The first kappa shape index (κ1) is 13.5. The average Bonchev–Trinajstić information content (AvgIpc) is 2.61. The SMILES string of the molecule is Cc1nc(CN2CCN(CCBr)CC2)sc1C. The van der Waals surface area contributed by atoms with Gasteiger partial charge in [0.1, 0.15) is 5.01 Å². The molecule has 1 saturated heterocycles. The zero-order valence-electron chi connectivity index (χ0n) is 10.6. The van der Waals surface area contributed by atoms with Gasteiger partial charge in [-0.15, -0.1) is 11.3 Å². The van der Waals surface area contributed by atoms with Crippen molar-refractivity contribution in [2.45, 2.75) is 20.4 Å². The van der Waals surface area contributed by atoms with Gasteiger partial charge in [0, 0.05) is 42.9 Å². The summed E-state index contributed by atoms with van der Waals surface area (Å²) < 4.78 is 0. The molecule has 0 radical (unpaired) electrons. The number of aromatic nitrogens is 1. The van der Waals surface area contributed by atoms with Crippen molar-refractivity contribution in [1.82, 2.24) is 14.8 Å². The maximum Gasteiger partial charge on any atom is 0.107 e. The Kier molecular flexibility index (Phi) is 4.97. The summed E-state index contributed by atoms with van der Waals surface area (Å²) in [7, 11) is 0. The Morgan fingerprint density at radius 1 is 1.18 bits per heavy atom. The lowest BCUT2D eigenvalue weighted by Crippen LogP contribution is -2.46. The fraction of sp³-hybridized carbons (Fsp3) is 0.750. The molecule has 0 N–H and O–H groups in total. The summed E-state index contributed by atoms with van der Waals surface area (Å²) in [5, 5.41) is 2.35. The maximum absolute atomic E-state index is 4.62. The number of alkyl halides is 1. The lowest BCUT2D eigenvalue weighted by molar-refractivity contribution is 0.133. The topological polar surface area (TPSA) is 19.4 Å². The van der Waals surface area contributed by atoms with Crippen LogP contribution in [0.25, 0.3) is 0 Å². The third-order valence-corrected chi connectivity index (χ3v) is 4.71. The van der Waals surface area contributed by atoms with Crippen LogP contribution in [-0.2, 0) is 6.54 Å². The molecule has 96 valence electrons.